The van der Waals surface area contributed by atoms with Crippen molar-refractivity contribution in [2.24, 2.45) is 0 Å². The molecule has 0 atom stereocenters. The summed E-state index contributed by atoms with van der Waals surface area (Å²) in [6.45, 7) is 1.94. The van der Waals surface area contributed by atoms with Crippen molar-refractivity contribution in [1.29, 1.82) is 0 Å². The Balaban J connectivity index is 2.18. The second-order valence-corrected chi connectivity index (χ2v) is 6.65. The molecule has 2 rings (SSSR count). The number of anilines is 1. The number of nitrogens with zero attached hydrogens (tertiary/aromatic N) is 3. The van der Waals surface area contributed by atoms with Gasteiger partial charge in [-0.05, 0) is 12.1 Å². The minimum atomic E-state index is -3.00. The van der Waals surface area contributed by atoms with Gasteiger partial charge in [-0.1, -0.05) is 6.92 Å². The monoisotopic (exact) mass is 280 g/mol. The van der Waals surface area contributed by atoms with Gasteiger partial charge in [-0.25, -0.2) is 8.42 Å². The number of aryl methyl sites for hydroxylation is 1. The van der Waals surface area contributed by atoms with Gasteiger partial charge in [0.1, 0.15) is 5.69 Å². The lowest BCUT2D eigenvalue weighted by molar-refractivity contribution is 0.582. The molecule has 2 aromatic heterocycles. The van der Waals surface area contributed by atoms with E-state index in [-0.39, 0.29) is 11.5 Å². The summed E-state index contributed by atoms with van der Waals surface area (Å²) >= 11 is 0. The van der Waals surface area contributed by atoms with Gasteiger partial charge in [-0.2, -0.15) is 5.10 Å². The van der Waals surface area contributed by atoms with Crippen LogP contribution < -0.4 is 5.73 Å². The van der Waals surface area contributed by atoms with Crippen LogP contribution in [0.5, 0.6) is 0 Å². The van der Waals surface area contributed by atoms with Crippen LogP contribution in [-0.2, 0) is 16.4 Å². The number of sulfone groups is 1. The van der Waals surface area contributed by atoms with Crippen LogP contribution in [-0.4, -0.2) is 34.7 Å². The third-order valence-electron chi connectivity index (χ3n) is 2.80. The number of pyridine rings is 1. The average molecular weight is 280 g/mol. The molecule has 0 fully saturated rings. The van der Waals surface area contributed by atoms with E-state index >= 15 is 0 Å². The van der Waals surface area contributed by atoms with Crippen LogP contribution in [0, 0.1) is 0 Å². The molecule has 0 aliphatic carbocycles. The predicted molar refractivity (Wildman–Crippen MR) is 74.2 cm³/mol. The molecular weight excluding hydrogens is 264 g/mol. The minimum Gasteiger partial charge on any atom is -0.396 e. The fourth-order valence-corrected chi connectivity index (χ4v) is 2.41. The number of nitrogen functional groups attached to an aromatic ring is 1. The van der Waals surface area contributed by atoms with E-state index in [0.29, 0.717) is 17.9 Å². The lowest BCUT2D eigenvalue weighted by atomic mass is 10.2. The summed E-state index contributed by atoms with van der Waals surface area (Å²) in [5.41, 5.74) is 7.84. The van der Waals surface area contributed by atoms with Crippen molar-refractivity contribution in [2.45, 2.75) is 13.5 Å². The lowest BCUT2D eigenvalue weighted by Gasteiger charge is -2.01. The van der Waals surface area contributed by atoms with Crippen LogP contribution in [0.15, 0.2) is 30.7 Å². The molecule has 0 unspecified atom stereocenters. The van der Waals surface area contributed by atoms with Crippen molar-refractivity contribution in [3.8, 4) is 11.3 Å². The molecule has 2 N–H and O–H groups in total. The highest BCUT2D eigenvalue weighted by atomic mass is 32.2. The summed E-state index contributed by atoms with van der Waals surface area (Å²) in [6.07, 6.45) is 4.99. The topological polar surface area (TPSA) is 90.9 Å². The number of aromatic nitrogens is 3. The number of hydrogen-bond donors (Lipinski definition) is 1. The van der Waals surface area contributed by atoms with Gasteiger partial charge in [0.2, 0.25) is 0 Å². The van der Waals surface area contributed by atoms with Gasteiger partial charge in [0.15, 0.2) is 9.84 Å². The van der Waals surface area contributed by atoms with E-state index in [2.05, 4.69) is 10.1 Å². The third-order valence-corrected chi connectivity index (χ3v) is 4.48. The van der Waals surface area contributed by atoms with Gasteiger partial charge in [-0.15, -0.1) is 0 Å². The molecule has 2 aromatic rings. The van der Waals surface area contributed by atoms with Gasteiger partial charge in [0.05, 0.1) is 18.0 Å². The van der Waals surface area contributed by atoms with Crippen LogP contribution in [0.2, 0.25) is 0 Å². The van der Waals surface area contributed by atoms with Crippen molar-refractivity contribution in [1.82, 2.24) is 14.8 Å². The Morgan fingerprint density at radius 2 is 2.21 bits per heavy atom. The van der Waals surface area contributed by atoms with Gasteiger partial charge in [0, 0.05) is 29.9 Å². The minimum absolute atomic E-state index is 0.0666. The summed E-state index contributed by atoms with van der Waals surface area (Å²) in [6, 6.07) is 3.66. The largest absolute Gasteiger partial charge is 0.396 e. The first-order valence-electron chi connectivity index (χ1n) is 5.95. The standard InChI is InChI=1S/C12H16N4O2S/c1-2-19(17,18)7-6-16-9-11(13)12(15-16)10-4-3-5-14-8-10/h3-5,8-9H,2,6-7,13H2,1H3. The smallest absolute Gasteiger partial charge is 0.151 e. The van der Waals surface area contributed by atoms with Crippen LogP contribution in [0.25, 0.3) is 11.3 Å². The zero-order chi connectivity index (χ0) is 13.9. The Hall–Kier alpha value is -1.89. The summed E-state index contributed by atoms with van der Waals surface area (Å²) < 4.78 is 24.5. The molecule has 0 spiro atoms. The molecule has 0 aromatic carbocycles. The van der Waals surface area contributed by atoms with Gasteiger partial charge in [-0.3, -0.25) is 9.67 Å². The van der Waals surface area contributed by atoms with E-state index in [9.17, 15) is 8.42 Å². The van der Waals surface area contributed by atoms with Gasteiger partial charge < -0.3 is 5.73 Å². The van der Waals surface area contributed by atoms with Crippen molar-refractivity contribution in [3.05, 3.63) is 30.7 Å². The Kier molecular flexibility index (Phi) is 3.84. The first-order chi connectivity index (χ1) is 9.02. The van der Waals surface area contributed by atoms with Crippen LogP contribution in [0.3, 0.4) is 0 Å². The van der Waals surface area contributed by atoms with E-state index in [1.165, 1.54) is 0 Å². The maximum atomic E-state index is 11.5. The molecule has 0 bridgehead atoms. The lowest BCUT2D eigenvalue weighted by Crippen LogP contribution is -2.14. The Morgan fingerprint density at radius 3 is 2.84 bits per heavy atom. The van der Waals surface area contributed by atoms with Crippen molar-refractivity contribution < 1.29 is 8.42 Å². The molecule has 0 radical (unpaired) electrons. The van der Waals surface area contributed by atoms with Crippen molar-refractivity contribution in [2.75, 3.05) is 17.2 Å². The SMILES string of the molecule is CCS(=O)(=O)CCn1cc(N)c(-c2cccnc2)n1. The molecule has 0 aliphatic heterocycles. The first-order valence-corrected chi connectivity index (χ1v) is 7.77. The zero-order valence-electron chi connectivity index (χ0n) is 10.7. The average Bonchev–Trinajstić information content (AvgIpc) is 2.79. The second-order valence-electron chi connectivity index (χ2n) is 4.17. The third kappa shape index (κ3) is 3.31. The number of hydrogen-bond acceptors (Lipinski definition) is 5. The summed E-state index contributed by atoms with van der Waals surface area (Å²) in [5, 5.41) is 4.30. The highest BCUT2D eigenvalue weighted by molar-refractivity contribution is 7.91. The van der Waals surface area contributed by atoms with E-state index < -0.39 is 9.84 Å². The molecular formula is C12H16N4O2S. The number of nitrogens with two attached hydrogens (primary N) is 1. The van der Waals surface area contributed by atoms with Gasteiger partial charge in [0.25, 0.3) is 0 Å². The van der Waals surface area contributed by atoms with Crippen LogP contribution >= 0.6 is 0 Å². The molecule has 7 heteroatoms. The maximum absolute atomic E-state index is 11.5. The molecule has 0 saturated carbocycles. The second kappa shape index (κ2) is 5.40. The molecule has 6 nitrogen and oxygen atoms in total. The van der Waals surface area contributed by atoms with E-state index in [0.717, 1.165) is 5.56 Å². The van der Waals surface area contributed by atoms with E-state index in [1.54, 1.807) is 36.3 Å². The van der Waals surface area contributed by atoms with Crippen LogP contribution in [0.4, 0.5) is 5.69 Å². The Morgan fingerprint density at radius 1 is 1.42 bits per heavy atom. The quantitative estimate of drug-likeness (QED) is 0.881. The highest BCUT2D eigenvalue weighted by Gasteiger charge is 2.11. The summed E-state index contributed by atoms with van der Waals surface area (Å²) in [7, 11) is -3.00. The zero-order valence-corrected chi connectivity index (χ0v) is 11.5. The first kappa shape index (κ1) is 13.5. The normalized spacial score (nSPS) is 11.6. The Bertz CT molecular complexity index is 650. The fraction of sp³-hybridized carbons (Fsp3) is 0.333. The molecule has 2 heterocycles. The summed E-state index contributed by atoms with van der Waals surface area (Å²) in [4.78, 5) is 4.01. The maximum Gasteiger partial charge on any atom is 0.151 e. The highest BCUT2D eigenvalue weighted by Crippen LogP contribution is 2.22. The molecule has 0 saturated heterocycles. The van der Waals surface area contributed by atoms with E-state index in [1.807, 2.05) is 6.07 Å². The summed E-state index contributed by atoms with van der Waals surface area (Å²) in [5.74, 6) is 0.205. The van der Waals surface area contributed by atoms with E-state index in [4.69, 9.17) is 5.73 Å². The fourth-order valence-electron chi connectivity index (χ4n) is 1.66. The Labute approximate surface area is 112 Å². The van der Waals surface area contributed by atoms with Crippen molar-refractivity contribution in [3.63, 3.8) is 0 Å². The van der Waals surface area contributed by atoms with Crippen molar-refractivity contribution >= 4 is 15.5 Å². The molecule has 0 amide bonds. The molecule has 0 aliphatic rings. The molecule has 19 heavy (non-hydrogen) atoms. The van der Waals surface area contributed by atoms with Gasteiger partial charge >= 0.3 is 0 Å². The van der Waals surface area contributed by atoms with Crippen LogP contribution in [0.1, 0.15) is 6.92 Å². The molecule has 102 valence electrons. The predicted octanol–water partition coefficient (Wildman–Crippen LogP) is 0.962. The number of rotatable bonds is 5.